The van der Waals surface area contributed by atoms with E-state index in [2.05, 4.69) is 0 Å². The van der Waals surface area contributed by atoms with Crippen molar-refractivity contribution in [3.8, 4) is 0 Å². The molecule has 90 valence electrons. The first-order valence-electron chi connectivity index (χ1n) is 5.22. The van der Waals surface area contributed by atoms with Crippen LogP contribution in [-0.4, -0.2) is 17.8 Å². The van der Waals surface area contributed by atoms with E-state index in [9.17, 15) is 13.9 Å². The maximum Gasteiger partial charge on any atom is 0.129 e. The lowest BCUT2D eigenvalue weighted by molar-refractivity contribution is 0.0576. The summed E-state index contributed by atoms with van der Waals surface area (Å²) in [6.45, 7) is 3.45. The molecule has 1 aromatic carbocycles. The van der Waals surface area contributed by atoms with E-state index >= 15 is 0 Å². The molecule has 0 bridgehead atoms. The van der Waals surface area contributed by atoms with Crippen LogP contribution in [0.5, 0.6) is 0 Å². The molecule has 3 N–H and O–H groups in total. The van der Waals surface area contributed by atoms with E-state index in [0.717, 1.165) is 0 Å². The minimum absolute atomic E-state index is 0.0173. The molecule has 0 heterocycles. The summed E-state index contributed by atoms with van der Waals surface area (Å²) >= 11 is 0. The van der Waals surface area contributed by atoms with E-state index in [1.807, 2.05) is 0 Å². The van der Waals surface area contributed by atoms with Crippen molar-refractivity contribution < 1.29 is 13.9 Å². The van der Waals surface area contributed by atoms with E-state index < -0.39 is 23.2 Å². The number of benzene rings is 1. The van der Waals surface area contributed by atoms with Gasteiger partial charge >= 0.3 is 0 Å². The summed E-state index contributed by atoms with van der Waals surface area (Å²) in [7, 11) is 0. The monoisotopic (exact) mass is 229 g/mol. The Bertz CT molecular complexity index is 348. The highest BCUT2D eigenvalue weighted by molar-refractivity contribution is 5.21. The molecule has 0 aliphatic rings. The molecule has 0 aromatic heterocycles. The average molecular weight is 229 g/mol. The zero-order valence-electron chi connectivity index (χ0n) is 9.50. The number of rotatable bonds is 4. The molecular formula is C12H17F2NO. The summed E-state index contributed by atoms with van der Waals surface area (Å²) in [5.41, 5.74) is 4.81. The Morgan fingerprint density at radius 3 is 2.25 bits per heavy atom. The number of nitrogens with two attached hydrogens (primary N) is 1. The summed E-state index contributed by atoms with van der Waals surface area (Å²) in [6, 6.07) is 3.73. The summed E-state index contributed by atoms with van der Waals surface area (Å²) in [6.07, 6.45) is -0.642. The van der Waals surface area contributed by atoms with Gasteiger partial charge in [0.15, 0.2) is 0 Å². The van der Waals surface area contributed by atoms with Crippen molar-refractivity contribution >= 4 is 0 Å². The van der Waals surface area contributed by atoms with Crippen molar-refractivity contribution in [2.45, 2.75) is 26.4 Å². The van der Waals surface area contributed by atoms with Gasteiger partial charge in [-0.2, -0.15) is 0 Å². The van der Waals surface area contributed by atoms with E-state index in [0.29, 0.717) is 0 Å². The van der Waals surface area contributed by atoms with Crippen LogP contribution < -0.4 is 5.73 Å². The maximum atomic E-state index is 13.4. The van der Waals surface area contributed by atoms with Gasteiger partial charge in [0.05, 0.1) is 6.10 Å². The number of halogens is 2. The quantitative estimate of drug-likeness (QED) is 0.827. The Hall–Kier alpha value is -1.00. The van der Waals surface area contributed by atoms with Crippen LogP contribution >= 0.6 is 0 Å². The SMILES string of the molecule is CC(O)C(C)(CN)Cc1c(F)cccc1F. The van der Waals surface area contributed by atoms with Gasteiger partial charge in [-0.25, -0.2) is 8.78 Å². The van der Waals surface area contributed by atoms with E-state index in [4.69, 9.17) is 5.73 Å². The summed E-state index contributed by atoms with van der Waals surface area (Å²) in [5.74, 6) is -1.19. The molecule has 0 saturated carbocycles. The minimum atomic E-state index is -0.725. The molecule has 1 rings (SSSR count). The van der Waals surface area contributed by atoms with Gasteiger partial charge in [0, 0.05) is 17.5 Å². The molecule has 0 spiro atoms. The summed E-state index contributed by atoms with van der Waals surface area (Å²) in [4.78, 5) is 0. The van der Waals surface area contributed by atoms with Crippen LogP contribution in [-0.2, 0) is 6.42 Å². The van der Waals surface area contributed by atoms with Crippen molar-refractivity contribution in [1.29, 1.82) is 0 Å². The third-order valence-electron chi connectivity index (χ3n) is 3.12. The lowest BCUT2D eigenvalue weighted by atomic mass is 9.79. The van der Waals surface area contributed by atoms with Gasteiger partial charge in [0.2, 0.25) is 0 Å². The molecule has 16 heavy (non-hydrogen) atoms. The van der Waals surface area contributed by atoms with Crippen molar-refractivity contribution in [2.24, 2.45) is 11.1 Å². The van der Waals surface area contributed by atoms with Crippen LogP contribution in [0.1, 0.15) is 19.4 Å². The second-order valence-electron chi connectivity index (χ2n) is 4.41. The van der Waals surface area contributed by atoms with Crippen molar-refractivity contribution in [3.63, 3.8) is 0 Å². The van der Waals surface area contributed by atoms with Crippen LogP contribution in [0, 0.1) is 17.0 Å². The van der Waals surface area contributed by atoms with E-state index in [-0.39, 0.29) is 18.5 Å². The van der Waals surface area contributed by atoms with Gasteiger partial charge in [-0.15, -0.1) is 0 Å². The topological polar surface area (TPSA) is 46.2 Å². The van der Waals surface area contributed by atoms with Crippen LogP contribution in [0.25, 0.3) is 0 Å². The number of hydrogen-bond donors (Lipinski definition) is 2. The Balaban J connectivity index is 3.03. The molecule has 0 fully saturated rings. The molecule has 0 aliphatic carbocycles. The lowest BCUT2D eigenvalue weighted by Gasteiger charge is -2.31. The Morgan fingerprint density at radius 1 is 1.38 bits per heavy atom. The maximum absolute atomic E-state index is 13.4. The van der Waals surface area contributed by atoms with Gasteiger partial charge in [-0.05, 0) is 25.5 Å². The van der Waals surface area contributed by atoms with Crippen LogP contribution in [0.15, 0.2) is 18.2 Å². The van der Waals surface area contributed by atoms with Crippen molar-refractivity contribution in [1.82, 2.24) is 0 Å². The lowest BCUT2D eigenvalue weighted by Crippen LogP contribution is -2.39. The van der Waals surface area contributed by atoms with Crippen molar-refractivity contribution in [2.75, 3.05) is 6.54 Å². The van der Waals surface area contributed by atoms with Gasteiger partial charge < -0.3 is 10.8 Å². The van der Waals surface area contributed by atoms with E-state index in [1.54, 1.807) is 13.8 Å². The smallest absolute Gasteiger partial charge is 0.129 e. The van der Waals surface area contributed by atoms with Crippen LogP contribution in [0.4, 0.5) is 8.78 Å². The molecule has 0 aliphatic heterocycles. The Kier molecular flexibility index (Phi) is 3.99. The highest BCUT2D eigenvalue weighted by Crippen LogP contribution is 2.28. The van der Waals surface area contributed by atoms with Crippen molar-refractivity contribution in [3.05, 3.63) is 35.4 Å². The third-order valence-corrected chi connectivity index (χ3v) is 3.12. The molecule has 2 unspecified atom stereocenters. The molecule has 4 heteroatoms. The normalized spacial score (nSPS) is 16.9. The Labute approximate surface area is 94.1 Å². The second-order valence-corrected chi connectivity index (χ2v) is 4.41. The largest absolute Gasteiger partial charge is 0.393 e. The predicted molar refractivity (Wildman–Crippen MR) is 58.9 cm³/mol. The molecule has 2 atom stereocenters. The zero-order valence-corrected chi connectivity index (χ0v) is 9.50. The molecule has 2 nitrogen and oxygen atoms in total. The number of aliphatic hydroxyl groups is 1. The fourth-order valence-electron chi connectivity index (χ4n) is 1.50. The molecule has 1 aromatic rings. The Morgan fingerprint density at radius 2 is 1.88 bits per heavy atom. The zero-order chi connectivity index (χ0) is 12.3. The van der Waals surface area contributed by atoms with Gasteiger partial charge in [-0.1, -0.05) is 13.0 Å². The second kappa shape index (κ2) is 4.89. The summed E-state index contributed by atoms with van der Waals surface area (Å²) in [5, 5.41) is 9.59. The summed E-state index contributed by atoms with van der Waals surface area (Å²) < 4.78 is 26.8. The third kappa shape index (κ3) is 2.57. The van der Waals surface area contributed by atoms with Gasteiger partial charge in [0.1, 0.15) is 11.6 Å². The first kappa shape index (κ1) is 13.1. The fourth-order valence-corrected chi connectivity index (χ4v) is 1.50. The molecule has 0 radical (unpaired) electrons. The molecule has 0 amide bonds. The number of hydrogen-bond acceptors (Lipinski definition) is 2. The average Bonchev–Trinajstić information content (AvgIpc) is 2.23. The predicted octanol–water partition coefficient (Wildman–Crippen LogP) is 1.85. The molecule has 0 saturated heterocycles. The highest BCUT2D eigenvalue weighted by atomic mass is 19.1. The van der Waals surface area contributed by atoms with Gasteiger partial charge in [0.25, 0.3) is 0 Å². The molecular weight excluding hydrogens is 212 g/mol. The number of aliphatic hydroxyl groups excluding tert-OH is 1. The van der Waals surface area contributed by atoms with Crippen LogP contribution in [0.2, 0.25) is 0 Å². The standard InChI is InChI=1S/C12H17F2NO/c1-8(16)12(2,7-15)6-9-10(13)4-3-5-11(9)14/h3-5,8,16H,6-7,15H2,1-2H3. The first-order valence-corrected chi connectivity index (χ1v) is 5.22. The minimum Gasteiger partial charge on any atom is -0.393 e. The fraction of sp³-hybridized carbons (Fsp3) is 0.500. The van der Waals surface area contributed by atoms with Crippen LogP contribution in [0.3, 0.4) is 0 Å². The highest BCUT2D eigenvalue weighted by Gasteiger charge is 2.30. The van der Waals surface area contributed by atoms with Gasteiger partial charge in [-0.3, -0.25) is 0 Å². The van der Waals surface area contributed by atoms with E-state index in [1.165, 1.54) is 18.2 Å². The first-order chi connectivity index (χ1) is 7.40.